The third-order valence-electron chi connectivity index (χ3n) is 6.53. The van der Waals surface area contributed by atoms with Gasteiger partial charge in [-0.3, -0.25) is 4.90 Å². The molecule has 0 spiro atoms. The zero-order chi connectivity index (χ0) is 22.5. The molecular weight excluding hydrogens is 410 g/mol. The van der Waals surface area contributed by atoms with E-state index in [0.29, 0.717) is 13.2 Å². The summed E-state index contributed by atoms with van der Waals surface area (Å²) in [6.07, 6.45) is 6.08. The molecule has 1 fully saturated rings. The van der Waals surface area contributed by atoms with Crippen LogP contribution in [0.2, 0.25) is 0 Å². The highest BCUT2D eigenvalue weighted by atomic mass is 16.6. The Morgan fingerprint density at radius 2 is 1.48 bits per heavy atom. The van der Waals surface area contributed by atoms with E-state index in [1.165, 1.54) is 11.1 Å². The second-order valence-electron chi connectivity index (χ2n) is 8.79. The van der Waals surface area contributed by atoms with Crippen molar-refractivity contribution in [3.63, 3.8) is 0 Å². The van der Waals surface area contributed by atoms with E-state index in [1.807, 2.05) is 65.6 Å². The molecule has 2 bridgehead atoms. The molecule has 3 aromatic rings. The number of carbonyl (C=O) groups excluding carboxylic acids is 1. The molecule has 5 rings (SSSR count). The maximum Gasteiger partial charge on any atom is 0.410 e. The van der Waals surface area contributed by atoms with Crippen LogP contribution in [0.4, 0.5) is 4.79 Å². The topological polar surface area (TPSA) is 38.8 Å². The fourth-order valence-electron chi connectivity index (χ4n) is 4.83. The number of hydrogen-bond acceptors (Lipinski definition) is 3. The van der Waals surface area contributed by atoms with Gasteiger partial charge in [-0.15, -0.1) is 0 Å². The Hall–Kier alpha value is -3.53. The van der Waals surface area contributed by atoms with Crippen LogP contribution < -0.4 is 4.74 Å². The number of carbonyl (C=O) groups is 1. The van der Waals surface area contributed by atoms with Crippen LogP contribution in [0.3, 0.4) is 0 Å². The lowest BCUT2D eigenvalue weighted by atomic mass is 9.83. The van der Waals surface area contributed by atoms with E-state index < -0.39 is 0 Å². The molecular formula is C29H29NO3. The Morgan fingerprint density at radius 3 is 2.15 bits per heavy atom. The number of ether oxygens (including phenoxy) is 2. The van der Waals surface area contributed by atoms with Gasteiger partial charge in [-0.2, -0.15) is 0 Å². The lowest BCUT2D eigenvalue weighted by Crippen LogP contribution is -2.51. The minimum atomic E-state index is -0.200. The summed E-state index contributed by atoms with van der Waals surface area (Å²) in [6.45, 7) is 0.879. The Bertz CT molecular complexity index is 1090. The van der Waals surface area contributed by atoms with Gasteiger partial charge in [0.05, 0.1) is 6.04 Å². The Balaban J connectivity index is 1.23. The fraction of sp³-hybridized carbons (Fsp3) is 0.276. The van der Waals surface area contributed by atoms with Gasteiger partial charge in [0.15, 0.2) is 0 Å². The lowest BCUT2D eigenvalue weighted by molar-refractivity contribution is 0.0510. The van der Waals surface area contributed by atoms with Crippen LogP contribution in [0.5, 0.6) is 5.75 Å². The zero-order valence-corrected chi connectivity index (χ0v) is 18.7. The highest BCUT2D eigenvalue weighted by Crippen LogP contribution is 2.38. The van der Waals surface area contributed by atoms with Crippen molar-refractivity contribution in [3.05, 3.63) is 108 Å². The van der Waals surface area contributed by atoms with Crippen molar-refractivity contribution >= 4 is 11.7 Å². The van der Waals surface area contributed by atoms with Crippen LogP contribution >= 0.6 is 0 Å². The normalized spacial score (nSPS) is 19.5. The van der Waals surface area contributed by atoms with Gasteiger partial charge in [0.2, 0.25) is 0 Å². The molecule has 1 amide bonds. The van der Waals surface area contributed by atoms with Gasteiger partial charge in [0, 0.05) is 6.04 Å². The van der Waals surface area contributed by atoms with Crippen LogP contribution in [-0.2, 0) is 18.0 Å². The molecule has 2 aliphatic rings. The van der Waals surface area contributed by atoms with Crippen molar-refractivity contribution in [1.82, 2.24) is 4.90 Å². The highest BCUT2D eigenvalue weighted by Gasteiger charge is 2.38. The van der Waals surface area contributed by atoms with Gasteiger partial charge >= 0.3 is 6.09 Å². The number of hydrogen-bond donors (Lipinski definition) is 0. The van der Waals surface area contributed by atoms with E-state index in [2.05, 4.69) is 30.3 Å². The van der Waals surface area contributed by atoms with E-state index in [0.717, 1.165) is 42.6 Å². The minimum absolute atomic E-state index is 0.102. The molecule has 0 aromatic heterocycles. The number of fused-ring (bicyclic) bond motifs is 2. The average molecular weight is 440 g/mol. The van der Waals surface area contributed by atoms with Crippen molar-refractivity contribution in [2.45, 2.75) is 51.0 Å². The van der Waals surface area contributed by atoms with E-state index in [1.54, 1.807) is 0 Å². The number of rotatable bonds is 6. The average Bonchev–Trinajstić information content (AvgIpc) is 2.87. The van der Waals surface area contributed by atoms with Crippen LogP contribution in [0.15, 0.2) is 91.0 Å². The molecule has 2 atom stereocenters. The predicted octanol–water partition coefficient (Wildman–Crippen LogP) is 6.61. The molecule has 4 nitrogen and oxygen atoms in total. The van der Waals surface area contributed by atoms with E-state index in [-0.39, 0.29) is 18.2 Å². The summed E-state index contributed by atoms with van der Waals surface area (Å²) in [4.78, 5) is 14.9. The molecule has 0 saturated carbocycles. The third-order valence-corrected chi connectivity index (χ3v) is 6.53. The molecule has 0 aliphatic carbocycles. The molecule has 33 heavy (non-hydrogen) atoms. The first-order valence-corrected chi connectivity index (χ1v) is 11.7. The highest BCUT2D eigenvalue weighted by molar-refractivity contribution is 5.74. The summed E-state index contributed by atoms with van der Waals surface area (Å²) in [5.74, 6) is 0.866. The van der Waals surface area contributed by atoms with Crippen molar-refractivity contribution in [3.8, 4) is 5.75 Å². The molecule has 4 heteroatoms. The van der Waals surface area contributed by atoms with Crippen LogP contribution in [-0.4, -0.2) is 23.1 Å². The Labute approximate surface area is 195 Å². The van der Waals surface area contributed by atoms with Gasteiger partial charge in [-0.25, -0.2) is 4.79 Å². The number of benzene rings is 3. The first-order chi connectivity index (χ1) is 16.3. The van der Waals surface area contributed by atoms with Gasteiger partial charge < -0.3 is 9.47 Å². The predicted molar refractivity (Wildman–Crippen MR) is 130 cm³/mol. The molecule has 3 aromatic carbocycles. The van der Waals surface area contributed by atoms with Gasteiger partial charge in [0.25, 0.3) is 0 Å². The maximum absolute atomic E-state index is 12.9. The second kappa shape index (κ2) is 9.95. The summed E-state index contributed by atoms with van der Waals surface area (Å²) < 4.78 is 11.6. The van der Waals surface area contributed by atoms with Crippen molar-refractivity contribution in [1.29, 1.82) is 0 Å². The lowest BCUT2D eigenvalue weighted by Gasteiger charge is -2.44. The fourth-order valence-corrected chi connectivity index (χ4v) is 4.83. The van der Waals surface area contributed by atoms with E-state index >= 15 is 0 Å². The second-order valence-corrected chi connectivity index (χ2v) is 8.79. The quantitative estimate of drug-likeness (QED) is 0.434. The molecule has 1 saturated heterocycles. The standard InChI is InChI=1S/C29H29NO3/c31-29(33-21-23-10-5-2-6-11-23)30-26-12-7-13-27(30)19-25(18-26)24-14-16-28(17-15-24)32-20-22-8-3-1-4-9-22/h1-6,8-11,14-18,26-27H,7,12-13,19-21H2. The minimum Gasteiger partial charge on any atom is -0.489 e. The summed E-state index contributed by atoms with van der Waals surface area (Å²) in [6, 6.07) is 28.7. The van der Waals surface area contributed by atoms with E-state index in [9.17, 15) is 4.79 Å². The summed E-state index contributed by atoms with van der Waals surface area (Å²) in [5, 5.41) is 0. The molecule has 0 N–H and O–H groups in total. The van der Waals surface area contributed by atoms with Crippen LogP contribution in [0.1, 0.15) is 42.4 Å². The first-order valence-electron chi connectivity index (χ1n) is 11.7. The third kappa shape index (κ3) is 5.11. The first kappa shape index (κ1) is 21.3. The molecule has 2 heterocycles. The molecule has 2 unspecified atom stereocenters. The van der Waals surface area contributed by atoms with Crippen molar-refractivity contribution in [2.24, 2.45) is 0 Å². The largest absolute Gasteiger partial charge is 0.489 e. The van der Waals surface area contributed by atoms with Gasteiger partial charge in [-0.1, -0.05) is 78.9 Å². The number of piperidine rings is 1. The van der Waals surface area contributed by atoms with Crippen molar-refractivity contribution < 1.29 is 14.3 Å². The maximum atomic E-state index is 12.9. The molecule has 168 valence electrons. The smallest absolute Gasteiger partial charge is 0.410 e. The Morgan fingerprint density at radius 1 is 0.818 bits per heavy atom. The number of nitrogens with zero attached hydrogens (tertiary/aromatic N) is 1. The van der Waals surface area contributed by atoms with Gasteiger partial charge in [-0.05, 0) is 60.1 Å². The molecule has 0 radical (unpaired) electrons. The SMILES string of the molecule is O=C(OCc1ccccc1)N1C2C=C(c3ccc(OCc4ccccc4)cc3)CC1CCC2. The summed E-state index contributed by atoms with van der Waals surface area (Å²) >= 11 is 0. The Kier molecular flexibility index (Phi) is 6.43. The van der Waals surface area contributed by atoms with Crippen molar-refractivity contribution in [2.75, 3.05) is 0 Å². The van der Waals surface area contributed by atoms with Crippen LogP contribution in [0, 0.1) is 0 Å². The monoisotopic (exact) mass is 439 g/mol. The van der Waals surface area contributed by atoms with Gasteiger partial charge in [0.1, 0.15) is 19.0 Å². The number of amides is 1. The van der Waals surface area contributed by atoms with Crippen LogP contribution in [0.25, 0.3) is 5.57 Å². The summed E-state index contributed by atoms with van der Waals surface area (Å²) in [5.41, 5.74) is 4.69. The zero-order valence-electron chi connectivity index (χ0n) is 18.7. The molecule has 2 aliphatic heterocycles. The summed E-state index contributed by atoms with van der Waals surface area (Å²) in [7, 11) is 0. The van der Waals surface area contributed by atoms with E-state index in [4.69, 9.17) is 9.47 Å².